The van der Waals surface area contributed by atoms with Crippen LogP contribution >= 0.6 is 0 Å². The average molecular weight is 328 g/mol. The maximum absolute atomic E-state index is 13.5. The van der Waals surface area contributed by atoms with Crippen LogP contribution in [0.25, 0.3) is 0 Å². The molecule has 2 N–H and O–H groups in total. The van der Waals surface area contributed by atoms with Gasteiger partial charge in [-0.05, 0) is 29.3 Å². The fraction of sp³-hybridized carbons (Fsp3) is 0.200. The number of halogens is 4. The summed E-state index contributed by atoms with van der Waals surface area (Å²) in [4.78, 5) is 0. The third-order valence-electron chi connectivity index (χ3n) is 3.13. The van der Waals surface area contributed by atoms with E-state index in [4.69, 9.17) is 14.8 Å². The largest absolute Gasteiger partial charge is 0.491 e. The van der Waals surface area contributed by atoms with Crippen LogP contribution in [0.3, 0.4) is 0 Å². The van der Waals surface area contributed by atoms with Crippen molar-refractivity contribution in [3.05, 3.63) is 65.0 Å². The van der Waals surface area contributed by atoms with Crippen LogP contribution in [-0.2, 0) is 24.1 Å². The molecule has 8 heteroatoms. The molecule has 3 nitrogen and oxygen atoms in total. The second kappa shape index (κ2) is 7.12. The third kappa shape index (κ3) is 4.79. The first kappa shape index (κ1) is 17.5. The van der Waals surface area contributed by atoms with E-state index in [0.717, 1.165) is 18.2 Å². The van der Waals surface area contributed by atoms with Gasteiger partial charge in [0.2, 0.25) is 0 Å². The number of hydrogen-bond acceptors (Lipinski definition) is 3. The summed E-state index contributed by atoms with van der Waals surface area (Å²) in [6.45, 7) is -0.0785. The normalized spacial score (nSPS) is 11.6. The molecule has 0 saturated heterocycles. The third-order valence-corrected chi connectivity index (χ3v) is 3.13. The minimum atomic E-state index is -4.42. The molecule has 0 aliphatic heterocycles. The van der Waals surface area contributed by atoms with E-state index in [1.807, 2.05) is 0 Å². The lowest BCUT2D eigenvalue weighted by atomic mass is 9.79. The van der Waals surface area contributed by atoms with Gasteiger partial charge in [-0.3, -0.25) is 0 Å². The summed E-state index contributed by atoms with van der Waals surface area (Å²) in [5, 5.41) is 17.8. The van der Waals surface area contributed by atoms with E-state index in [1.165, 1.54) is 24.3 Å². The molecule has 0 bridgehead atoms. The summed E-state index contributed by atoms with van der Waals surface area (Å²) in [5.41, 5.74) is -0.237. The maximum atomic E-state index is 13.5. The van der Waals surface area contributed by atoms with Crippen LogP contribution in [0, 0.1) is 5.82 Å². The van der Waals surface area contributed by atoms with Gasteiger partial charge >= 0.3 is 13.3 Å². The zero-order chi connectivity index (χ0) is 17.0. The lowest BCUT2D eigenvalue weighted by molar-refractivity contribution is -0.137. The van der Waals surface area contributed by atoms with Gasteiger partial charge < -0.3 is 14.8 Å². The molecule has 23 heavy (non-hydrogen) atoms. The van der Waals surface area contributed by atoms with E-state index in [2.05, 4.69) is 0 Å². The quantitative estimate of drug-likeness (QED) is 0.654. The number of rotatable bonds is 5. The maximum Gasteiger partial charge on any atom is 0.491 e. The van der Waals surface area contributed by atoms with Crippen molar-refractivity contribution in [2.24, 2.45) is 0 Å². The Balaban J connectivity index is 1.96. The van der Waals surface area contributed by atoms with Crippen molar-refractivity contribution in [1.82, 2.24) is 0 Å². The number of hydrogen-bond donors (Lipinski definition) is 2. The fourth-order valence-electron chi connectivity index (χ4n) is 1.99. The van der Waals surface area contributed by atoms with Crippen LogP contribution in [0.1, 0.15) is 16.7 Å². The lowest BCUT2D eigenvalue weighted by Crippen LogP contribution is -2.32. The molecule has 2 aromatic carbocycles. The smallest absolute Gasteiger partial charge is 0.423 e. The molecule has 0 spiro atoms. The first-order valence-electron chi connectivity index (χ1n) is 6.65. The molecule has 0 atom stereocenters. The average Bonchev–Trinajstić information content (AvgIpc) is 2.46. The summed E-state index contributed by atoms with van der Waals surface area (Å²) in [6.07, 6.45) is -4.42. The standard InChI is InChI=1S/C15H13BF4O3/c17-14-7-11(4-5-13(14)16(21)22)9-23-8-10-2-1-3-12(6-10)15(18,19)20/h1-7,21-22H,8-9H2. The summed E-state index contributed by atoms with van der Waals surface area (Å²) in [7, 11) is -1.91. The van der Waals surface area contributed by atoms with Crippen molar-refractivity contribution in [2.45, 2.75) is 19.4 Å². The van der Waals surface area contributed by atoms with Crippen LogP contribution in [0.2, 0.25) is 0 Å². The Labute approximate surface area is 130 Å². The predicted molar refractivity (Wildman–Crippen MR) is 76.2 cm³/mol. The van der Waals surface area contributed by atoms with Gasteiger partial charge in [-0.25, -0.2) is 4.39 Å². The summed E-state index contributed by atoms with van der Waals surface area (Å²) in [6, 6.07) is 8.50. The van der Waals surface area contributed by atoms with Crippen LogP contribution in [-0.4, -0.2) is 17.2 Å². The van der Waals surface area contributed by atoms with E-state index in [9.17, 15) is 17.6 Å². The van der Waals surface area contributed by atoms with Gasteiger partial charge in [-0.1, -0.05) is 24.3 Å². The topological polar surface area (TPSA) is 49.7 Å². The molecule has 2 aromatic rings. The minimum absolute atomic E-state index is 0.0189. The number of alkyl halides is 3. The van der Waals surface area contributed by atoms with Gasteiger partial charge in [0.1, 0.15) is 5.82 Å². The molecule has 0 aliphatic carbocycles. The monoisotopic (exact) mass is 328 g/mol. The lowest BCUT2D eigenvalue weighted by Gasteiger charge is -2.10. The van der Waals surface area contributed by atoms with Gasteiger partial charge in [0, 0.05) is 5.46 Å². The molecule has 122 valence electrons. The highest BCUT2D eigenvalue weighted by Gasteiger charge is 2.30. The fourth-order valence-corrected chi connectivity index (χ4v) is 1.99. The molecule has 2 rings (SSSR count). The first-order valence-corrected chi connectivity index (χ1v) is 6.65. The minimum Gasteiger partial charge on any atom is -0.423 e. The summed E-state index contributed by atoms with van der Waals surface area (Å²) < 4.78 is 56.5. The van der Waals surface area contributed by atoms with Crippen molar-refractivity contribution in [3.63, 3.8) is 0 Å². The Morgan fingerprint density at radius 1 is 0.957 bits per heavy atom. The highest BCUT2D eigenvalue weighted by atomic mass is 19.4. The molecule has 0 unspecified atom stereocenters. The van der Waals surface area contributed by atoms with Crippen LogP contribution in [0.15, 0.2) is 42.5 Å². The molecular weight excluding hydrogens is 315 g/mol. The van der Waals surface area contributed by atoms with E-state index in [-0.39, 0.29) is 18.7 Å². The van der Waals surface area contributed by atoms with E-state index >= 15 is 0 Å². The molecule has 0 fully saturated rings. The Hall–Kier alpha value is -1.90. The van der Waals surface area contributed by atoms with Crippen molar-refractivity contribution >= 4 is 12.6 Å². The molecule has 0 aliphatic rings. The van der Waals surface area contributed by atoms with Crippen molar-refractivity contribution in [2.75, 3.05) is 0 Å². The Bertz CT molecular complexity index is 674. The first-order chi connectivity index (χ1) is 10.8. The highest BCUT2D eigenvalue weighted by molar-refractivity contribution is 6.58. The second-order valence-electron chi connectivity index (χ2n) is 4.92. The molecule has 0 saturated carbocycles. The molecular formula is C15H13BF4O3. The van der Waals surface area contributed by atoms with Gasteiger partial charge in [0.15, 0.2) is 0 Å². The molecule has 0 heterocycles. The van der Waals surface area contributed by atoms with Crippen molar-refractivity contribution in [1.29, 1.82) is 0 Å². The Kier molecular flexibility index (Phi) is 5.40. The van der Waals surface area contributed by atoms with Crippen LogP contribution in [0.5, 0.6) is 0 Å². The van der Waals surface area contributed by atoms with Crippen molar-refractivity contribution in [3.8, 4) is 0 Å². The summed E-state index contributed by atoms with van der Waals surface area (Å²) in [5.74, 6) is -0.792. The SMILES string of the molecule is OB(O)c1ccc(COCc2cccc(C(F)(F)F)c2)cc1F. The van der Waals surface area contributed by atoms with Crippen molar-refractivity contribution < 1.29 is 32.3 Å². The van der Waals surface area contributed by atoms with E-state index < -0.39 is 24.7 Å². The Morgan fingerprint density at radius 2 is 1.61 bits per heavy atom. The van der Waals surface area contributed by atoms with Crippen LogP contribution < -0.4 is 5.46 Å². The van der Waals surface area contributed by atoms with Gasteiger partial charge in [-0.15, -0.1) is 0 Å². The van der Waals surface area contributed by atoms with Crippen LogP contribution in [0.4, 0.5) is 17.6 Å². The van der Waals surface area contributed by atoms with E-state index in [0.29, 0.717) is 11.1 Å². The molecule has 0 aromatic heterocycles. The number of ether oxygens (including phenoxy) is 1. The van der Waals surface area contributed by atoms with Gasteiger partial charge in [0.25, 0.3) is 0 Å². The number of benzene rings is 2. The zero-order valence-corrected chi connectivity index (χ0v) is 11.8. The predicted octanol–water partition coefficient (Wildman–Crippen LogP) is 2.24. The molecule has 0 amide bonds. The second-order valence-corrected chi connectivity index (χ2v) is 4.92. The van der Waals surface area contributed by atoms with E-state index in [1.54, 1.807) is 0 Å². The summed E-state index contributed by atoms with van der Waals surface area (Å²) >= 11 is 0. The van der Waals surface area contributed by atoms with Gasteiger partial charge in [0.05, 0.1) is 18.8 Å². The highest BCUT2D eigenvalue weighted by Crippen LogP contribution is 2.29. The Morgan fingerprint density at radius 3 is 2.17 bits per heavy atom. The molecule has 0 radical (unpaired) electrons. The van der Waals surface area contributed by atoms with Gasteiger partial charge in [-0.2, -0.15) is 13.2 Å². The zero-order valence-electron chi connectivity index (χ0n) is 11.8.